The molecule has 30 radical (unpaired) electrons. The van der Waals surface area contributed by atoms with Gasteiger partial charge in [-0.05, 0) is 173 Å². The predicted molar refractivity (Wildman–Crippen MR) is 185 cm³/mol. The Morgan fingerprint density at radius 1 is 0.471 bits per heavy atom. The van der Waals surface area contributed by atoms with Crippen molar-refractivity contribution >= 4 is 12.0 Å². The van der Waals surface area contributed by atoms with E-state index >= 15 is 0 Å². The SMILES string of the molecule is O=C(O)CNC(=O)NC(COC[C]1[CH][CH][CH][CH]1)(COC[C]1[CH][CH][CH][CH]1)COC[C]1[CH][CH][CH][CH]1.[CH]1[CH][CH][CH][CH]1.[CH]1[CH][CH][CH][CH]1.[CH]1[CH][CH][CH][CH]1.[Fe+2].[Fe+2].[Fe+2]. The third-order valence-corrected chi connectivity index (χ3v) is 6.58. The van der Waals surface area contributed by atoms with E-state index in [4.69, 9.17) is 19.3 Å². The van der Waals surface area contributed by atoms with Crippen LogP contribution in [0.1, 0.15) is 0 Å². The van der Waals surface area contributed by atoms with Crippen molar-refractivity contribution in [1.82, 2.24) is 10.6 Å². The zero-order chi connectivity index (χ0) is 34.0. The monoisotopic (exact) mass is 816 g/mol. The van der Waals surface area contributed by atoms with Crippen LogP contribution in [0, 0.1) is 191 Å². The number of aliphatic carboxylic acids is 1. The van der Waals surface area contributed by atoms with Crippen LogP contribution in [0.15, 0.2) is 0 Å². The molecule has 0 aromatic rings. The number of carboxylic acids is 1. The summed E-state index contributed by atoms with van der Waals surface area (Å²) < 4.78 is 17.8. The van der Waals surface area contributed by atoms with Crippen molar-refractivity contribution in [3.05, 3.63) is 191 Å². The number of ether oxygens (including phenoxy) is 3. The normalized spacial score (nSPS) is 20.3. The number of nitrogens with one attached hydrogen (secondary N) is 2. The molecule has 268 valence electrons. The van der Waals surface area contributed by atoms with Crippen molar-refractivity contribution in [2.24, 2.45) is 0 Å². The number of rotatable bonds is 15. The van der Waals surface area contributed by atoms with E-state index in [1.54, 1.807) is 0 Å². The minimum atomic E-state index is -1.14. The Hall–Kier alpha value is 0.178. The third-order valence-electron chi connectivity index (χ3n) is 6.58. The Bertz CT molecular complexity index is 710. The van der Waals surface area contributed by atoms with E-state index in [2.05, 4.69) is 10.6 Å². The van der Waals surface area contributed by atoms with E-state index in [9.17, 15) is 9.59 Å². The average Bonchev–Trinajstić information content (AvgIpc) is 3.95. The number of hydrogen-bond donors (Lipinski definition) is 3. The summed E-state index contributed by atoms with van der Waals surface area (Å²) in [4.78, 5) is 23.3. The molecule has 51 heavy (non-hydrogen) atoms. The summed E-state index contributed by atoms with van der Waals surface area (Å²) in [6.07, 6.45) is 53.3. The van der Waals surface area contributed by atoms with Gasteiger partial charge in [0, 0.05) is 17.8 Å². The van der Waals surface area contributed by atoms with Gasteiger partial charge in [-0.1, -0.05) is 0 Å². The zero-order valence-corrected chi connectivity index (χ0v) is 31.4. The van der Waals surface area contributed by atoms with Crippen LogP contribution in [0.2, 0.25) is 0 Å². The van der Waals surface area contributed by atoms with Gasteiger partial charge in [0.15, 0.2) is 0 Å². The van der Waals surface area contributed by atoms with E-state index in [0.29, 0.717) is 19.8 Å². The summed E-state index contributed by atoms with van der Waals surface area (Å²) in [6, 6.07) is -0.636. The Morgan fingerprint density at radius 3 is 0.961 bits per heavy atom. The van der Waals surface area contributed by atoms with Crippen LogP contribution in [0.5, 0.6) is 0 Å². The molecule has 0 heterocycles. The second kappa shape index (κ2) is 33.5. The van der Waals surface area contributed by atoms with Crippen LogP contribution >= 0.6 is 0 Å². The molecule has 0 aromatic carbocycles. The summed E-state index contributed by atoms with van der Waals surface area (Å²) in [5.74, 6) is 1.89. The Labute approximate surface area is 343 Å². The van der Waals surface area contributed by atoms with Gasteiger partial charge in [-0.15, -0.1) is 0 Å². The quantitative estimate of drug-likeness (QED) is 0.212. The summed E-state index contributed by atoms with van der Waals surface area (Å²) >= 11 is 0. The van der Waals surface area contributed by atoms with Gasteiger partial charge in [0.05, 0.1) is 39.6 Å². The van der Waals surface area contributed by atoms with Crippen molar-refractivity contribution in [3.8, 4) is 0 Å². The van der Waals surface area contributed by atoms with Crippen molar-refractivity contribution < 1.29 is 80.1 Å². The molecule has 0 aliphatic heterocycles. The van der Waals surface area contributed by atoms with Gasteiger partial charge in [0.2, 0.25) is 0 Å². The van der Waals surface area contributed by atoms with Crippen LogP contribution in [-0.2, 0) is 70.2 Å². The van der Waals surface area contributed by atoms with Crippen molar-refractivity contribution in [2.45, 2.75) is 5.54 Å². The molecule has 6 saturated carbocycles. The fraction of sp³-hybridized carbons (Fsp3) is 0.200. The van der Waals surface area contributed by atoms with Crippen LogP contribution < -0.4 is 10.6 Å². The number of hydrogen-bond acceptors (Lipinski definition) is 5. The summed E-state index contributed by atoms with van der Waals surface area (Å²) in [7, 11) is 0. The number of carboxylic acid groups (broad SMARTS) is 1. The molecule has 6 aliphatic rings. The first kappa shape index (κ1) is 51.2. The van der Waals surface area contributed by atoms with Crippen molar-refractivity contribution in [1.29, 1.82) is 0 Å². The number of carbonyl (C=O) groups is 2. The van der Waals surface area contributed by atoms with Crippen molar-refractivity contribution in [3.63, 3.8) is 0 Å². The van der Waals surface area contributed by atoms with E-state index in [1.165, 1.54) is 0 Å². The Balaban J connectivity index is 0.00000114. The van der Waals surface area contributed by atoms with Gasteiger partial charge >= 0.3 is 63.2 Å². The first-order valence-electron chi connectivity index (χ1n) is 15.7. The summed E-state index contributed by atoms with van der Waals surface area (Å²) in [5, 5.41) is 14.1. The van der Waals surface area contributed by atoms with Crippen LogP contribution in [-0.4, -0.2) is 68.8 Å². The molecule has 6 fully saturated rings. The van der Waals surface area contributed by atoms with E-state index in [1.807, 2.05) is 173 Å². The maximum absolute atomic E-state index is 12.5. The Morgan fingerprint density at radius 2 is 0.725 bits per heavy atom. The molecular formula is C40H44Fe3N2O6+6. The van der Waals surface area contributed by atoms with Gasteiger partial charge in [-0.2, -0.15) is 0 Å². The molecule has 0 bridgehead atoms. The molecule has 6 rings (SSSR count). The molecule has 0 spiro atoms. The van der Waals surface area contributed by atoms with Crippen LogP contribution in [0.3, 0.4) is 0 Å². The van der Waals surface area contributed by atoms with Gasteiger partial charge in [-0.3, -0.25) is 4.79 Å². The molecule has 0 atom stereocenters. The first-order valence-corrected chi connectivity index (χ1v) is 15.7. The topological polar surface area (TPSA) is 106 Å². The van der Waals surface area contributed by atoms with Gasteiger partial charge < -0.3 is 30.0 Å². The zero-order valence-electron chi connectivity index (χ0n) is 28.1. The summed E-state index contributed by atoms with van der Waals surface area (Å²) in [6.45, 7) is 0.914. The molecule has 2 amide bonds. The molecule has 3 N–H and O–H groups in total. The van der Waals surface area contributed by atoms with Gasteiger partial charge in [-0.25, -0.2) is 4.79 Å². The predicted octanol–water partition coefficient (Wildman–Crippen LogP) is 4.43. The largest absolute Gasteiger partial charge is 2.00 e. The molecule has 11 heteroatoms. The number of carbonyl (C=O) groups excluding carboxylic acids is 1. The average molecular weight is 816 g/mol. The maximum Gasteiger partial charge on any atom is 2.00 e. The maximum atomic E-state index is 12.5. The minimum Gasteiger partial charge on any atom is -0.480 e. The molecule has 0 unspecified atom stereocenters. The molecule has 6 aliphatic carbocycles. The summed E-state index contributed by atoms with van der Waals surface area (Å²) in [5.41, 5.74) is -1.03. The number of urea groups is 1. The van der Waals surface area contributed by atoms with E-state index in [0.717, 1.165) is 17.8 Å². The molecule has 0 aromatic heterocycles. The third kappa shape index (κ3) is 25.8. The first-order chi connectivity index (χ1) is 23.5. The standard InChI is InChI=1S/C25H29N2O6.3C5H5.3Fe/c28-23(29)13-26-24(30)27-25(17-31-14-20-7-1-2-8-20,18-32-15-21-9-3-4-10-21)19-33-16-22-11-5-6-12-22;3*1-2-4-5-3-1;;;/h1-12H,13-19H2,(H,28,29)(H2,26,27,30);3*1-5H;;;/q;;;;3*+2. The molecular weight excluding hydrogens is 772 g/mol. The van der Waals surface area contributed by atoms with E-state index in [-0.39, 0.29) is 71.0 Å². The molecule has 0 saturated heterocycles. The number of amides is 2. The van der Waals surface area contributed by atoms with E-state index < -0.39 is 24.1 Å². The van der Waals surface area contributed by atoms with Crippen molar-refractivity contribution in [2.75, 3.05) is 46.2 Å². The van der Waals surface area contributed by atoms with Crippen LogP contribution in [0.4, 0.5) is 4.79 Å². The van der Waals surface area contributed by atoms with Gasteiger partial charge in [0.25, 0.3) is 0 Å². The van der Waals surface area contributed by atoms with Gasteiger partial charge in [0.1, 0.15) is 12.1 Å². The second-order valence-electron chi connectivity index (χ2n) is 10.7. The fourth-order valence-corrected chi connectivity index (χ4v) is 4.26. The molecule has 8 nitrogen and oxygen atoms in total. The van der Waals surface area contributed by atoms with Crippen LogP contribution in [0.25, 0.3) is 0 Å². The smallest absolute Gasteiger partial charge is 0.480 e. The second-order valence-corrected chi connectivity index (χ2v) is 10.7. The fourth-order valence-electron chi connectivity index (χ4n) is 4.26. The minimum absolute atomic E-state index is 0. The Kier molecular flexibility index (Phi) is 33.6.